The Balaban J connectivity index is 2.29. The van der Waals surface area contributed by atoms with Gasteiger partial charge in [-0.2, -0.15) is 0 Å². The van der Waals surface area contributed by atoms with E-state index in [9.17, 15) is 0 Å². The minimum atomic E-state index is 0.507. The van der Waals surface area contributed by atoms with Crippen LogP contribution in [0.3, 0.4) is 0 Å². The van der Waals surface area contributed by atoms with Crippen molar-refractivity contribution in [2.75, 3.05) is 7.11 Å². The second-order valence-electron chi connectivity index (χ2n) is 3.34. The predicted octanol–water partition coefficient (Wildman–Crippen LogP) is 4.90. The van der Waals surface area contributed by atoms with Crippen LogP contribution >= 0.6 is 27.5 Å². The fraction of sp³-hybridized carbons (Fsp3) is 0.0769. The van der Waals surface area contributed by atoms with Gasteiger partial charge in [0.25, 0.3) is 0 Å². The quantitative estimate of drug-likeness (QED) is 0.802. The van der Waals surface area contributed by atoms with Gasteiger partial charge in [-0.05, 0) is 34.1 Å². The van der Waals surface area contributed by atoms with E-state index >= 15 is 0 Å². The molecule has 0 amide bonds. The fourth-order valence-corrected chi connectivity index (χ4v) is 2.42. The number of hydrogen-bond acceptors (Lipinski definition) is 2. The molecule has 0 aliphatic rings. The van der Waals surface area contributed by atoms with Gasteiger partial charge in [0.2, 0.25) is 0 Å². The normalized spacial score (nSPS) is 10.1. The van der Waals surface area contributed by atoms with Crippen LogP contribution in [0.2, 0.25) is 5.02 Å². The zero-order chi connectivity index (χ0) is 12.3. The molecule has 0 unspecified atom stereocenters. The van der Waals surface area contributed by atoms with Crippen LogP contribution in [0.15, 0.2) is 46.9 Å². The molecule has 4 heteroatoms. The van der Waals surface area contributed by atoms with E-state index in [1.54, 1.807) is 13.2 Å². The van der Waals surface area contributed by atoms with Crippen molar-refractivity contribution in [3.05, 3.63) is 52.0 Å². The van der Waals surface area contributed by atoms with Crippen LogP contribution in [0.4, 0.5) is 0 Å². The molecule has 0 bridgehead atoms. The summed E-state index contributed by atoms with van der Waals surface area (Å²) in [6, 6.07) is 13.1. The molecule has 0 atom stereocenters. The highest BCUT2D eigenvalue weighted by molar-refractivity contribution is 9.10. The molecular weight excluding hydrogens is 303 g/mol. The Bertz CT molecular complexity index is 491. The van der Waals surface area contributed by atoms with E-state index in [0.29, 0.717) is 16.5 Å². The lowest BCUT2D eigenvalue weighted by Crippen LogP contribution is -1.89. The van der Waals surface area contributed by atoms with E-state index in [4.69, 9.17) is 21.1 Å². The average molecular weight is 314 g/mol. The molecule has 2 rings (SSSR count). The number of methoxy groups -OCH3 is 1. The molecule has 2 aromatic rings. The monoisotopic (exact) mass is 312 g/mol. The summed E-state index contributed by atoms with van der Waals surface area (Å²) < 4.78 is 11.6. The first-order valence-electron chi connectivity index (χ1n) is 4.96. The minimum absolute atomic E-state index is 0.507. The number of hydrogen-bond donors (Lipinski definition) is 0. The van der Waals surface area contributed by atoms with Crippen molar-refractivity contribution in [3.8, 4) is 17.2 Å². The molecule has 0 aromatic heterocycles. The Morgan fingerprint density at radius 2 is 1.76 bits per heavy atom. The Labute approximate surface area is 113 Å². The average Bonchev–Trinajstić information content (AvgIpc) is 2.30. The zero-order valence-corrected chi connectivity index (χ0v) is 11.5. The summed E-state index contributed by atoms with van der Waals surface area (Å²) >= 11 is 9.45. The first-order valence-corrected chi connectivity index (χ1v) is 6.13. The van der Waals surface area contributed by atoms with E-state index in [2.05, 4.69) is 15.9 Å². The molecule has 2 aromatic carbocycles. The summed E-state index contributed by atoms with van der Waals surface area (Å²) in [6.45, 7) is 0. The fourth-order valence-electron chi connectivity index (χ4n) is 1.42. The lowest BCUT2D eigenvalue weighted by atomic mass is 10.3. The minimum Gasteiger partial charge on any atom is -0.494 e. The molecule has 0 spiro atoms. The Morgan fingerprint density at radius 3 is 2.35 bits per heavy atom. The van der Waals surface area contributed by atoms with Crippen LogP contribution in [0.5, 0.6) is 17.2 Å². The summed E-state index contributed by atoms with van der Waals surface area (Å²) in [5, 5.41) is 0.507. The Morgan fingerprint density at radius 1 is 1.06 bits per heavy atom. The molecule has 0 heterocycles. The van der Waals surface area contributed by atoms with Crippen molar-refractivity contribution in [2.45, 2.75) is 0 Å². The third-order valence-electron chi connectivity index (χ3n) is 2.15. The first kappa shape index (κ1) is 12.3. The maximum absolute atomic E-state index is 6.07. The summed E-state index contributed by atoms with van der Waals surface area (Å²) in [5.41, 5.74) is 0. The molecule has 2 nitrogen and oxygen atoms in total. The first-order chi connectivity index (χ1) is 8.20. The van der Waals surface area contributed by atoms with E-state index < -0.39 is 0 Å². The molecule has 0 aliphatic heterocycles. The second-order valence-corrected chi connectivity index (χ2v) is 4.60. The van der Waals surface area contributed by atoms with Crippen LogP contribution in [0.1, 0.15) is 0 Å². The number of rotatable bonds is 3. The van der Waals surface area contributed by atoms with Gasteiger partial charge in [0.05, 0.1) is 16.6 Å². The van der Waals surface area contributed by atoms with E-state index in [1.807, 2.05) is 36.4 Å². The SMILES string of the molecule is COc1c(Cl)cc(Oc2ccccc2)cc1Br. The van der Waals surface area contributed by atoms with Crippen molar-refractivity contribution < 1.29 is 9.47 Å². The highest BCUT2D eigenvalue weighted by atomic mass is 79.9. The standard InChI is InChI=1S/C13H10BrClO2/c1-16-13-11(14)7-10(8-12(13)15)17-9-5-3-2-4-6-9/h2-8H,1H3. The van der Waals surface area contributed by atoms with Gasteiger partial charge in [-0.25, -0.2) is 0 Å². The number of ether oxygens (including phenoxy) is 2. The third-order valence-corrected chi connectivity index (χ3v) is 3.02. The van der Waals surface area contributed by atoms with Gasteiger partial charge in [0, 0.05) is 6.07 Å². The van der Waals surface area contributed by atoms with E-state index in [1.165, 1.54) is 0 Å². The molecule has 0 saturated heterocycles. The van der Waals surface area contributed by atoms with Crippen molar-refractivity contribution >= 4 is 27.5 Å². The maximum atomic E-state index is 6.07. The van der Waals surface area contributed by atoms with Gasteiger partial charge in [-0.1, -0.05) is 29.8 Å². The van der Waals surface area contributed by atoms with Crippen LogP contribution in [0.25, 0.3) is 0 Å². The number of benzene rings is 2. The van der Waals surface area contributed by atoms with Crippen LogP contribution in [-0.2, 0) is 0 Å². The summed E-state index contributed by atoms with van der Waals surface area (Å²) in [7, 11) is 1.57. The van der Waals surface area contributed by atoms with Crippen LogP contribution < -0.4 is 9.47 Å². The summed E-state index contributed by atoms with van der Waals surface area (Å²) in [5.74, 6) is 2.03. The zero-order valence-electron chi connectivity index (χ0n) is 9.11. The molecule has 0 N–H and O–H groups in total. The lowest BCUT2D eigenvalue weighted by molar-refractivity contribution is 0.410. The van der Waals surface area contributed by atoms with Crippen molar-refractivity contribution in [1.82, 2.24) is 0 Å². The highest BCUT2D eigenvalue weighted by Crippen LogP contribution is 2.38. The topological polar surface area (TPSA) is 18.5 Å². The van der Waals surface area contributed by atoms with Gasteiger partial charge in [-0.15, -0.1) is 0 Å². The van der Waals surface area contributed by atoms with Gasteiger partial charge < -0.3 is 9.47 Å². The second kappa shape index (κ2) is 5.43. The number of para-hydroxylation sites is 1. The maximum Gasteiger partial charge on any atom is 0.151 e. The smallest absolute Gasteiger partial charge is 0.151 e. The van der Waals surface area contributed by atoms with E-state index in [-0.39, 0.29) is 0 Å². The molecular formula is C13H10BrClO2. The van der Waals surface area contributed by atoms with E-state index in [0.717, 1.165) is 10.2 Å². The molecule has 0 aliphatic carbocycles. The molecule has 0 radical (unpaired) electrons. The summed E-state index contributed by atoms with van der Waals surface area (Å²) in [6.07, 6.45) is 0. The molecule has 0 fully saturated rings. The van der Waals surface area contributed by atoms with Gasteiger partial charge >= 0.3 is 0 Å². The molecule has 88 valence electrons. The molecule has 0 saturated carbocycles. The van der Waals surface area contributed by atoms with Crippen molar-refractivity contribution in [2.24, 2.45) is 0 Å². The van der Waals surface area contributed by atoms with Crippen molar-refractivity contribution in [1.29, 1.82) is 0 Å². The number of halogens is 2. The Kier molecular flexibility index (Phi) is 3.92. The Hall–Kier alpha value is -1.19. The van der Waals surface area contributed by atoms with Crippen LogP contribution in [-0.4, -0.2) is 7.11 Å². The van der Waals surface area contributed by atoms with Gasteiger partial charge in [0.1, 0.15) is 11.5 Å². The largest absolute Gasteiger partial charge is 0.494 e. The van der Waals surface area contributed by atoms with Crippen molar-refractivity contribution in [3.63, 3.8) is 0 Å². The molecule has 17 heavy (non-hydrogen) atoms. The van der Waals surface area contributed by atoms with Gasteiger partial charge in [-0.3, -0.25) is 0 Å². The van der Waals surface area contributed by atoms with Gasteiger partial charge in [0.15, 0.2) is 5.75 Å². The van der Waals surface area contributed by atoms with Crippen LogP contribution in [0, 0.1) is 0 Å². The lowest BCUT2D eigenvalue weighted by Gasteiger charge is -2.10. The summed E-state index contributed by atoms with van der Waals surface area (Å²) in [4.78, 5) is 0. The highest BCUT2D eigenvalue weighted by Gasteiger charge is 2.09. The third kappa shape index (κ3) is 2.93. The predicted molar refractivity (Wildman–Crippen MR) is 72.2 cm³/mol.